The Bertz CT molecular complexity index is 1720. The second kappa shape index (κ2) is 59.1. The molecule has 0 aromatic rings. The summed E-state index contributed by atoms with van der Waals surface area (Å²) in [6.45, 7) is 11.7. The van der Waals surface area contributed by atoms with E-state index >= 15 is 0 Å². The summed E-state index contributed by atoms with van der Waals surface area (Å²) in [5.74, 6) is 0.150. The van der Waals surface area contributed by atoms with E-state index in [2.05, 4.69) is 48.5 Å². The molecule has 0 spiro atoms. The Kier molecular flexibility index (Phi) is 57.8. The van der Waals surface area contributed by atoms with Crippen LogP contribution in [0.5, 0.6) is 0 Å². The number of esters is 4. The number of phosphoric ester groups is 2. The maximum atomic E-state index is 13.0. The van der Waals surface area contributed by atoms with Crippen LogP contribution < -0.4 is 0 Å². The molecule has 19 heteroatoms. The number of hydrogen-bond donors (Lipinski definition) is 3. The van der Waals surface area contributed by atoms with Gasteiger partial charge in [0, 0.05) is 25.7 Å². The third kappa shape index (κ3) is 62.6. The van der Waals surface area contributed by atoms with Crippen molar-refractivity contribution in [2.24, 2.45) is 17.8 Å². The predicted octanol–water partition coefficient (Wildman–Crippen LogP) is 19.1. The molecule has 0 rings (SSSR count). The van der Waals surface area contributed by atoms with Crippen molar-refractivity contribution < 1.29 is 80.2 Å². The fourth-order valence-electron chi connectivity index (χ4n) is 10.2. The highest BCUT2D eigenvalue weighted by Gasteiger charge is 2.30. The van der Waals surface area contributed by atoms with Crippen LogP contribution in [0, 0.1) is 17.8 Å². The van der Waals surface area contributed by atoms with Crippen LogP contribution in [0.4, 0.5) is 0 Å². The zero-order valence-electron chi connectivity index (χ0n) is 56.5. The highest BCUT2D eigenvalue weighted by molar-refractivity contribution is 7.47. The van der Waals surface area contributed by atoms with Gasteiger partial charge in [-0.05, 0) is 43.4 Å². The van der Waals surface area contributed by atoms with E-state index in [1.165, 1.54) is 141 Å². The molecule has 0 saturated heterocycles. The smallest absolute Gasteiger partial charge is 0.462 e. The van der Waals surface area contributed by atoms with Gasteiger partial charge in [0.25, 0.3) is 0 Å². The van der Waals surface area contributed by atoms with Gasteiger partial charge in [-0.1, -0.05) is 286 Å². The third-order valence-electron chi connectivity index (χ3n) is 15.6. The van der Waals surface area contributed by atoms with Crippen LogP contribution in [-0.4, -0.2) is 96.7 Å². The Labute approximate surface area is 530 Å². The molecule has 17 nitrogen and oxygen atoms in total. The molecule has 0 amide bonds. The van der Waals surface area contributed by atoms with Crippen LogP contribution in [0.1, 0.15) is 337 Å². The van der Waals surface area contributed by atoms with Crippen molar-refractivity contribution in [3.05, 3.63) is 0 Å². The maximum absolute atomic E-state index is 13.0. The molecule has 0 aromatic heterocycles. The quantitative estimate of drug-likeness (QED) is 0.0222. The Hall–Kier alpha value is -1.94. The first-order chi connectivity index (χ1) is 41.7. The number of phosphoric acid groups is 2. The molecule has 516 valence electrons. The minimum absolute atomic E-state index is 0.104. The van der Waals surface area contributed by atoms with Crippen LogP contribution in [0.3, 0.4) is 0 Å². The predicted molar refractivity (Wildman–Crippen MR) is 349 cm³/mol. The monoisotopic (exact) mass is 1280 g/mol. The molecule has 2 unspecified atom stereocenters. The molecule has 5 atom stereocenters. The maximum Gasteiger partial charge on any atom is 0.472 e. The van der Waals surface area contributed by atoms with Gasteiger partial charge in [-0.25, -0.2) is 9.13 Å². The largest absolute Gasteiger partial charge is 0.472 e. The van der Waals surface area contributed by atoms with Crippen LogP contribution in [0.15, 0.2) is 0 Å². The molecule has 0 aliphatic heterocycles. The molecular weight excluding hydrogens is 1150 g/mol. The Morgan fingerprint density at radius 3 is 0.782 bits per heavy atom. The van der Waals surface area contributed by atoms with E-state index in [1.807, 2.05) is 0 Å². The molecular formula is C68H132O17P2. The van der Waals surface area contributed by atoms with Gasteiger partial charge < -0.3 is 33.8 Å². The molecule has 3 N–H and O–H groups in total. The summed E-state index contributed by atoms with van der Waals surface area (Å²) in [7, 11) is -9.89. The van der Waals surface area contributed by atoms with E-state index in [1.54, 1.807) is 0 Å². The third-order valence-corrected chi connectivity index (χ3v) is 17.5. The fourth-order valence-corrected chi connectivity index (χ4v) is 11.8. The summed E-state index contributed by atoms with van der Waals surface area (Å²) in [5.41, 5.74) is 0. The van der Waals surface area contributed by atoms with Gasteiger partial charge in [0.05, 0.1) is 26.4 Å². The molecule has 0 radical (unpaired) electrons. The van der Waals surface area contributed by atoms with Gasteiger partial charge in [-0.15, -0.1) is 0 Å². The number of unbranched alkanes of at least 4 members (excludes halogenated alkanes) is 34. The Morgan fingerprint density at radius 1 is 0.310 bits per heavy atom. The molecule has 0 aliphatic carbocycles. The van der Waals surface area contributed by atoms with Crippen LogP contribution in [0.25, 0.3) is 0 Å². The average molecular weight is 1280 g/mol. The number of carbonyl (C=O) groups excluding carboxylic acids is 4. The number of aliphatic hydroxyl groups is 1. The van der Waals surface area contributed by atoms with E-state index in [-0.39, 0.29) is 25.7 Å². The van der Waals surface area contributed by atoms with Crippen LogP contribution >= 0.6 is 15.6 Å². The average Bonchev–Trinajstić information content (AvgIpc) is 3.68. The van der Waals surface area contributed by atoms with Gasteiger partial charge in [-0.3, -0.25) is 37.3 Å². The van der Waals surface area contributed by atoms with Gasteiger partial charge in [0.15, 0.2) is 12.2 Å². The van der Waals surface area contributed by atoms with Crippen molar-refractivity contribution in [3.8, 4) is 0 Å². The summed E-state index contributed by atoms with van der Waals surface area (Å²) in [6, 6.07) is 0. The number of rotatable bonds is 66. The zero-order valence-corrected chi connectivity index (χ0v) is 58.3. The second-order valence-electron chi connectivity index (χ2n) is 26.0. The first-order valence-corrected chi connectivity index (χ1v) is 38.3. The fraction of sp³-hybridized carbons (Fsp3) is 0.941. The first kappa shape index (κ1) is 85.1. The van der Waals surface area contributed by atoms with E-state index in [0.717, 1.165) is 114 Å². The van der Waals surface area contributed by atoms with Crippen molar-refractivity contribution >= 4 is 39.5 Å². The molecule has 0 aromatic carbocycles. The van der Waals surface area contributed by atoms with E-state index in [4.69, 9.17) is 37.0 Å². The molecule has 0 bridgehead atoms. The lowest BCUT2D eigenvalue weighted by Gasteiger charge is -2.21. The summed E-state index contributed by atoms with van der Waals surface area (Å²) in [5, 5.41) is 10.5. The number of carbonyl (C=O) groups is 4. The lowest BCUT2D eigenvalue weighted by Crippen LogP contribution is -2.30. The first-order valence-electron chi connectivity index (χ1n) is 35.3. The lowest BCUT2D eigenvalue weighted by atomic mass is 10.0. The summed E-state index contributed by atoms with van der Waals surface area (Å²) >= 11 is 0. The van der Waals surface area contributed by atoms with Crippen molar-refractivity contribution in [1.29, 1.82) is 0 Å². The molecule has 87 heavy (non-hydrogen) atoms. The van der Waals surface area contributed by atoms with E-state index < -0.39 is 97.5 Å². The van der Waals surface area contributed by atoms with Crippen molar-refractivity contribution in [1.82, 2.24) is 0 Å². The molecule has 0 fully saturated rings. The Balaban J connectivity index is 5.17. The SMILES string of the molecule is CCCCCCCC(=O)OC[C@H](COP(=O)(O)OC[C@H](O)COP(=O)(O)OC[C@@H](COC(=O)CCCCCCCCCCCCC(C)C)OC(=O)CCCCCCCCCCCCCCCCC(C)C)OC(=O)CCCCCCCCCCCC(C)C. The van der Waals surface area contributed by atoms with Crippen LogP contribution in [-0.2, 0) is 65.4 Å². The van der Waals surface area contributed by atoms with E-state index in [9.17, 15) is 43.2 Å². The summed E-state index contributed by atoms with van der Waals surface area (Å²) in [4.78, 5) is 72.2. The molecule has 0 heterocycles. The normalized spacial score (nSPS) is 14.3. The van der Waals surface area contributed by atoms with Gasteiger partial charge in [0.1, 0.15) is 19.3 Å². The standard InChI is InChI=1S/C68H132O17P2/c1-8-9-10-32-42-49-65(70)78-55-63(84-68(73)52-45-38-31-25-19-22-28-35-41-48-61(6)7)57-82-86(74,75)80-53-62(69)54-81-87(76,77)83-58-64(56-79-66(71)50-43-36-29-23-18-17-21-27-34-40-47-60(4)5)85-67(72)51-44-37-30-24-16-14-12-11-13-15-20-26-33-39-46-59(2)3/h59-64,69H,8-58H2,1-7H3,(H,74,75)(H,76,77)/t62-,63+,64+/m0/s1. The number of ether oxygens (including phenoxy) is 4. The number of aliphatic hydroxyl groups excluding tert-OH is 1. The zero-order chi connectivity index (χ0) is 64.5. The summed E-state index contributed by atoms with van der Waals surface area (Å²) < 4.78 is 68.0. The summed E-state index contributed by atoms with van der Waals surface area (Å²) in [6.07, 6.45) is 42.1. The second-order valence-corrected chi connectivity index (χ2v) is 28.9. The van der Waals surface area contributed by atoms with Gasteiger partial charge in [-0.2, -0.15) is 0 Å². The van der Waals surface area contributed by atoms with Crippen LogP contribution in [0.2, 0.25) is 0 Å². The highest BCUT2D eigenvalue weighted by Crippen LogP contribution is 2.45. The molecule has 0 aliphatic rings. The van der Waals surface area contributed by atoms with Gasteiger partial charge >= 0.3 is 39.5 Å². The minimum Gasteiger partial charge on any atom is -0.462 e. The highest BCUT2D eigenvalue weighted by atomic mass is 31.2. The number of hydrogen-bond acceptors (Lipinski definition) is 15. The van der Waals surface area contributed by atoms with Crippen molar-refractivity contribution in [3.63, 3.8) is 0 Å². The van der Waals surface area contributed by atoms with Crippen molar-refractivity contribution in [2.75, 3.05) is 39.6 Å². The molecule has 0 saturated carbocycles. The lowest BCUT2D eigenvalue weighted by molar-refractivity contribution is -0.161. The topological polar surface area (TPSA) is 237 Å². The van der Waals surface area contributed by atoms with E-state index in [0.29, 0.717) is 25.7 Å². The van der Waals surface area contributed by atoms with Crippen molar-refractivity contribution in [2.45, 2.75) is 356 Å². The Morgan fingerprint density at radius 2 is 0.529 bits per heavy atom. The minimum atomic E-state index is -4.95. The van der Waals surface area contributed by atoms with Gasteiger partial charge in [0.2, 0.25) is 0 Å².